The summed E-state index contributed by atoms with van der Waals surface area (Å²) in [5.41, 5.74) is 0. The summed E-state index contributed by atoms with van der Waals surface area (Å²) >= 11 is 1.88. The van der Waals surface area contributed by atoms with Crippen molar-refractivity contribution in [3.8, 4) is 0 Å². The molecule has 1 aromatic rings. The number of hydrogen-bond donors (Lipinski definition) is 1. The molecule has 1 heterocycles. The van der Waals surface area contributed by atoms with Crippen molar-refractivity contribution in [1.29, 1.82) is 0 Å². The van der Waals surface area contributed by atoms with Gasteiger partial charge in [0.15, 0.2) is 0 Å². The van der Waals surface area contributed by atoms with Crippen LogP contribution in [0.25, 0.3) is 0 Å². The molecule has 0 spiro atoms. The largest absolute Gasteiger partial charge is 0.314 e. The molecule has 20 heavy (non-hydrogen) atoms. The van der Waals surface area contributed by atoms with Crippen molar-refractivity contribution in [2.75, 3.05) is 13.1 Å². The van der Waals surface area contributed by atoms with E-state index in [-0.39, 0.29) is 0 Å². The molecule has 1 fully saturated rings. The Balaban J connectivity index is 1.89. The molecule has 1 N–H and O–H groups in total. The second-order valence-electron chi connectivity index (χ2n) is 6.35. The van der Waals surface area contributed by atoms with E-state index in [9.17, 15) is 0 Å². The quantitative estimate of drug-likeness (QED) is 0.775. The minimum absolute atomic E-state index is 0.629. The highest BCUT2D eigenvalue weighted by atomic mass is 32.1. The minimum Gasteiger partial charge on any atom is -0.314 e. The summed E-state index contributed by atoms with van der Waals surface area (Å²) in [4.78, 5) is 4.15. The first-order chi connectivity index (χ1) is 9.70. The highest BCUT2D eigenvalue weighted by molar-refractivity contribution is 7.09. The molecular formula is C17H30N2S. The van der Waals surface area contributed by atoms with Gasteiger partial charge in [0.25, 0.3) is 0 Å². The zero-order valence-electron chi connectivity index (χ0n) is 13.3. The lowest BCUT2D eigenvalue weighted by Crippen LogP contribution is -2.41. The first-order valence-electron chi connectivity index (χ1n) is 8.20. The molecule has 2 atom stereocenters. The number of nitrogens with zero attached hydrogens (tertiary/aromatic N) is 1. The van der Waals surface area contributed by atoms with Crippen molar-refractivity contribution >= 4 is 11.3 Å². The van der Waals surface area contributed by atoms with Gasteiger partial charge < -0.3 is 5.32 Å². The Hall–Kier alpha value is -0.380. The third-order valence-corrected chi connectivity index (χ3v) is 5.32. The fraction of sp³-hybridized carbons (Fsp3) is 0.765. The first kappa shape index (κ1) is 16.0. The van der Waals surface area contributed by atoms with Gasteiger partial charge in [0, 0.05) is 30.1 Å². The van der Waals surface area contributed by atoms with Gasteiger partial charge in [-0.3, -0.25) is 4.90 Å². The molecule has 0 saturated heterocycles. The van der Waals surface area contributed by atoms with Gasteiger partial charge in [-0.1, -0.05) is 19.4 Å². The molecule has 2 nitrogen and oxygen atoms in total. The fourth-order valence-electron chi connectivity index (χ4n) is 3.22. The normalized spacial score (nSPS) is 23.1. The highest BCUT2D eigenvalue weighted by Crippen LogP contribution is 2.28. The first-order valence-corrected chi connectivity index (χ1v) is 9.08. The molecule has 2 rings (SSSR count). The van der Waals surface area contributed by atoms with Gasteiger partial charge in [-0.2, -0.15) is 0 Å². The maximum Gasteiger partial charge on any atom is 0.0330 e. The molecular weight excluding hydrogens is 264 g/mol. The van der Waals surface area contributed by atoms with Crippen molar-refractivity contribution in [2.24, 2.45) is 5.92 Å². The third kappa shape index (κ3) is 4.57. The molecule has 2 unspecified atom stereocenters. The van der Waals surface area contributed by atoms with E-state index in [1.807, 2.05) is 11.3 Å². The monoisotopic (exact) mass is 294 g/mol. The Kier molecular flexibility index (Phi) is 6.53. The van der Waals surface area contributed by atoms with Crippen LogP contribution >= 0.6 is 11.3 Å². The van der Waals surface area contributed by atoms with E-state index in [1.165, 1.54) is 43.6 Å². The Labute approximate surface area is 128 Å². The van der Waals surface area contributed by atoms with Crippen LogP contribution in [-0.2, 0) is 6.54 Å². The number of hydrogen-bond acceptors (Lipinski definition) is 3. The molecule has 114 valence electrons. The fourth-order valence-corrected chi connectivity index (χ4v) is 3.95. The molecule has 1 saturated carbocycles. The van der Waals surface area contributed by atoms with Crippen LogP contribution in [-0.4, -0.2) is 30.1 Å². The van der Waals surface area contributed by atoms with Crippen LogP contribution in [0.4, 0.5) is 0 Å². The predicted molar refractivity (Wildman–Crippen MR) is 89.3 cm³/mol. The molecule has 0 aromatic carbocycles. The summed E-state index contributed by atoms with van der Waals surface area (Å²) in [5, 5.41) is 5.95. The standard InChI is InChI=1S/C17H30N2S/c1-4-10-18-17-9-5-7-15(17)12-19(14(2)3)13-16-8-6-11-20-16/h6,8,11,14-15,17-18H,4-5,7,9-10,12-13H2,1-3H3. The van der Waals surface area contributed by atoms with Gasteiger partial charge in [-0.15, -0.1) is 11.3 Å². The van der Waals surface area contributed by atoms with Crippen LogP contribution in [0, 0.1) is 5.92 Å². The van der Waals surface area contributed by atoms with E-state index in [1.54, 1.807) is 0 Å². The molecule has 1 aromatic heterocycles. The van der Waals surface area contributed by atoms with E-state index < -0.39 is 0 Å². The lowest BCUT2D eigenvalue weighted by molar-refractivity contribution is 0.168. The van der Waals surface area contributed by atoms with E-state index in [2.05, 4.69) is 48.5 Å². The predicted octanol–water partition coefficient (Wildman–Crippen LogP) is 4.13. The molecule has 1 aliphatic carbocycles. The smallest absolute Gasteiger partial charge is 0.0330 e. The molecule has 0 radical (unpaired) electrons. The average Bonchev–Trinajstić information content (AvgIpc) is 3.07. The van der Waals surface area contributed by atoms with Gasteiger partial charge in [0.05, 0.1) is 0 Å². The number of rotatable bonds is 8. The molecule has 0 bridgehead atoms. The topological polar surface area (TPSA) is 15.3 Å². The van der Waals surface area contributed by atoms with Crippen LogP contribution in [0.5, 0.6) is 0 Å². The second kappa shape index (κ2) is 8.16. The van der Waals surface area contributed by atoms with Crippen LogP contribution in [0.2, 0.25) is 0 Å². The summed E-state index contributed by atoms with van der Waals surface area (Å²) in [6, 6.07) is 5.81. The zero-order chi connectivity index (χ0) is 14.4. The van der Waals surface area contributed by atoms with Gasteiger partial charge in [-0.25, -0.2) is 0 Å². The van der Waals surface area contributed by atoms with E-state index >= 15 is 0 Å². The van der Waals surface area contributed by atoms with Gasteiger partial charge in [-0.05, 0) is 57.0 Å². The Morgan fingerprint density at radius 1 is 1.40 bits per heavy atom. The zero-order valence-corrected chi connectivity index (χ0v) is 14.1. The lowest BCUT2D eigenvalue weighted by Gasteiger charge is -2.31. The maximum atomic E-state index is 3.76. The van der Waals surface area contributed by atoms with E-state index in [4.69, 9.17) is 0 Å². The van der Waals surface area contributed by atoms with E-state index in [0.717, 1.165) is 18.5 Å². The molecule has 0 amide bonds. The summed E-state index contributed by atoms with van der Waals surface area (Å²) in [7, 11) is 0. The van der Waals surface area contributed by atoms with Crippen molar-refractivity contribution < 1.29 is 0 Å². The van der Waals surface area contributed by atoms with Crippen molar-refractivity contribution in [2.45, 2.75) is 65.1 Å². The van der Waals surface area contributed by atoms with Crippen LogP contribution in [0.15, 0.2) is 17.5 Å². The summed E-state index contributed by atoms with van der Waals surface area (Å²) in [6.45, 7) is 10.5. The molecule has 1 aliphatic rings. The third-order valence-electron chi connectivity index (χ3n) is 4.45. The van der Waals surface area contributed by atoms with Crippen molar-refractivity contribution in [1.82, 2.24) is 10.2 Å². The lowest BCUT2D eigenvalue weighted by atomic mass is 10.0. The van der Waals surface area contributed by atoms with Gasteiger partial charge >= 0.3 is 0 Å². The molecule has 0 aliphatic heterocycles. The Morgan fingerprint density at radius 2 is 2.25 bits per heavy atom. The van der Waals surface area contributed by atoms with Crippen molar-refractivity contribution in [3.05, 3.63) is 22.4 Å². The summed E-state index contributed by atoms with van der Waals surface area (Å²) in [6.07, 6.45) is 5.41. The van der Waals surface area contributed by atoms with Gasteiger partial charge in [0.2, 0.25) is 0 Å². The minimum atomic E-state index is 0.629. The highest BCUT2D eigenvalue weighted by Gasteiger charge is 2.29. The average molecular weight is 295 g/mol. The van der Waals surface area contributed by atoms with Crippen LogP contribution in [0.3, 0.4) is 0 Å². The summed E-state index contributed by atoms with van der Waals surface area (Å²) in [5.74, 6) is 0.837. The molecule has 3 heteroatoms. The van der Waals surface area contributed by atoms with E-state index in [0.29, 0.717) is 6.04 Å². The number of nitrogens with one attached hydrogen (secondary N) is 1. The SMILES string of the molecule is CCCNC1CCCC1CN(Cc1cccs1)C(C)C. The van der Waals surface area contributed by atoms with Crippen molar-refractivity contribution in [3.63, 3.8) is 0 Å². The Morgan fingerprint density at radius 3 is 2.90 bits per heavy atom. The van der Waals surface area contributed by atoms with Crippen LogP contribution in [0.1, 0.15) is 51.3 Å². The number of thiophene rings is 1. The second-order valence-corrected chi connectivity index (χ2v) is 7.39. The Bertz CT molecular complexity index is 361. The maximum absolute atomic E-state index is 3.76. The van der Waals surface area contributed by atoms with Crippen LogP contribution < -0.4 is 5.32 Å². The van der Waals surface area contributed by atoms with Gasteiger partial charge in [0.1, 0.15) is 0 Å². The summed E-state index contributed by atoms with van der Waals surface area (Å²) < 4.78 is 0.